The van der Waals surface area contributed by atoms with Crippen LogP contribution in [0, 0.1) is 0 Å². The molecule has 2 aromatic rings. The molecule has 4 nitrogen and oxygen atoms in total. The molecule has 4 rings (SSSR count). The van der Waals surface area contributed by atoms with Gasteiger partial charge >= 0.3 is 0 Å². The zero-order valence-electron chi connectivity index (χ0n) is 13.8. The number of carbonyl (C=O) groups is 2. The molecule has 0 N–H and O–H groups in total. The van der Waals surface area contributed by atoms with Crippen molar-refractivity contribution in [3.8, 4) is 0 Å². The van der Waals surface area contributed by atoms with Crippen molar-refractivity contribution in [1.29, 1.82) is 0 Å². The van der Waals surface area contributed by atoms with Crippen LogP contribution in [-0.4, -0.2) is 29.6 Å². The Morgan fingerprint density at radius 2 is 1.80 bits per heavy atom. The first-order valence-electron chi connectivity index (χ1n) is 8.48. The molecule has 1 aliphatic carbocycles. The number of ether oxygens (including phenoxy) is 1. The van der Waals surface area contributed by atoms with Gasteiger partial charge in [0.2, 0.25) is 5.88 Å². The molecular weight excluding hydrogens is 334 g/mol. The predicted octanol–water partition coefficient (Wildman–Crippen LogP) is 3.51. The first-order valence-corrected chi connectivity index (χ1v) is 9.36. The van der Waals surface area contributed by atoms with E-state index in [2.05, 4.69) is 0 Å². The lowest BCUT2D eigenvalue weighted by atomic mass is 9.83. The summed E-state index contributed by atoms with van der Waals surface area (Å²) in [5.41, 5.74) is 1.40. The normalized spacial score (nSPS) is 21.0. The maximum atomic E-state index is 12.7. The largest absolute Gasteiger partial charge is 0.477 e. The van der Waals surface area contributed by atoms with E-state index in [0.29, 0.717) is 38.4 Å². The van der Waals surface area contributed by atoms with Crippen molar-refractivity contribution in [3.05, 3.63) is 69.7 Å². The van der Waals surface area contributed by atoms with Crippen LogP contribution >= 0.6 is 11.3 Å². The van der Waals surface area contributed by atoms with Gasteiger partial charge in [-0.1, -0.05) is 36.4 Å². The van der Waals surface area contributed by atoms with Crippen molar-refractivity contribution in [2.75, 3.05) is 13.2 Å². The number of Topliss-reactive ketones (excluding diaryl/α,β-unsaturated/α-hetero) is 2. The van der Waals surface area contributed by atoms with Crippen LogP contribution in [0.25, 0.3) is 0 Å². The van der Waals surface area contributed by atoms with E-state index in [9.17, 15) is 9.59 Å². The Morgan fingerprint density at radius 1 is 1.04 bits per heavy atom. The number of ketones is 2. The molecule has 2 heterocycles. The van der Waals surface area contributed by atoms with Gasteiger partial charge in [0.05, 0.1) is 6.54 Å². The number of nitrogens with zero attached hydrogens (tertiary/aromatic N) is 1. The van der Waals surface area contributed by atoms with Gasteiger partial charge in [-0.05, 0) is 17.0 Å². The zero-order chi connectivity index (χ0) is 17.2. The summed E-state index contributed by atoms with van der Waals surface area (Å²) in [7, 11) is 0. The van der Waals surface area contributed by atoms with E-state index in [-0.39, 0.29) is 23.1 Å². The minimum atomic E-state index is -0.0930. The third kappa shape index (κ3) is 3.24. The van der Waals surface area contributed by atoms with Crippen molar-refractivity contribution >= 4 is 22.9 Å². The summed E-state index contributed by atoms with van der Waals surface area (Å²) >= 11 is 1.61. The molecular formula is C20H19NO3S. The van der Waals surface area contributed by atoms with Gasteiger partial charge in [-0.15, -0.1) is 11.3 Å². The van der Waals surface area contributed by atoms with Crippen molar-refractivity contribution in [3.63, 3.8) is 0 Å². The van der Waals surface area contributed by atoms with E-state index in [0.717, 1.165) is 10.4 Å². The van der Waals surface area contributed by atoms with Crippen LogP contribution in [0.15, 0.2) is 59.3 Å². The Morgan fingerprint density at radius 3 is 2.48 bits per heavy atom. The van der Waals surface area contributed by atoms with Crippen molar-refractivity contribution in [2.45, 2.75) is 25.3 Å². The molecule has 0 spiro atoms. The first-order chi connectivity index (χ1) is 12.2. The SMILES string of the molecule is O=C1CC(c2cccs2)CC(=O)C1=C1OCCN1Cc1ccccc1. The Kier molecular flexibility index (Phi) is 4.40. The van der Waals surface area contributed by atoms with Crippen molar-refractivity contribution < 1.29 is 14.3 Å². The number of allylic oxidation sites excluding steroid dienone is 1. The van der Waals surface area contributed by atoms with Crippen LogP contribution in [0.4, 0.5) is 0 Å². The molecule has 0 amide bonds. The summed E-state index contributed by atoms with van der Waals surface area (Å²) < 4.78 is 5.71. The Bertz CT molecular complexity index is 791. The second-order valence-corrected chi connectivity index (χ2v) is 7.38. The maximum Gasteiger partial charge on any atom is 0.204 e. The summed E-state index contributed by atoms with van der Waals surface area (Å²) in [5.74, 6) is 0.297. The van der Waals surface area contributed by atoms with Gasteiger partial charge in [-0.25, -0.2) is 0 Å². The molecule has 1 saturated heterocycles. The van der Waals surface area contributed by atoms with Gasteiger partial charge in [0, 0.05) is 30.2 Å². The van der Waals surface area contributed by atoms with Gasteiger partial charge in [-0.2, -0.15) is 0 Å². The lowest BCUT2D eigenvalue weighted by molar-refractivity contribution is -0.124. The summed E-state index contributed by atoms with van der Waals surface area (Å²) in [4.78, 5) is 28.5. The molecule has 0 bridgehead atoms. The zero-order valence-corrected chi connectivity index (χ0v) is 14.6. The summed E-state index contributed by atoms with van der Waals surface area (Å²) in [5, 5.41) is 1.99. The maximum absolute atomic E-state index is 12.7. The molecule has 25 heavy (non-hydrogen) atoms. The molecule has 1 aromatic carbocycles. The summed E-state index contributed by atoms with van der Waals surface area (Å²) in [6.07, 6.45) is 0.765. The molecule has 1 aromatic heterocycles. The highest BCUT2D eigenvalue weighted by Gasteiger charge is 2.37. The van der Waals surface area contributed by atoms with E-state index < -0.39 is 0 Å². The molecule has 0 unspecified atom stereocenters. The highest BCUT2D eigenvalue weighted by molar-refractivity contribution is 7.10. The van der Waals surface area contributed by atoms with Gasteiger partial charge in [0.1, 0.15) is 12.2 Å². The molecule has 128 valence electrons. The summed E-state index contributed by atoms with van der Waals surface area (Å²) in [6, 6.07) is 14.0. The van der Waals surface area contributed by atoms with Crippen LogP contribution < -0.4 is 0 Å². The Balaban J connectivity index is 1.58. The van der Waals surface area contributed by atoms with Gasteiger partial charge < -0.3 is 9.64 Å². The molecule has 2 aliphatic rings. The fourth-order valence-corrected chi connectivity index (χ4v) is 4.30. The average molecular weight is 353 g/mol. The number of rotatable bonds is 3. The van der Waals surface area contributed by atoms with E-state index >= 15 is 0 Å². The number of thiophene rings is 1. The quantitative estimate of drug-likeness (QED) is 0.626. The minimum Gasteiger partial charge on any atom is -0.477 e. The molecule has 1 saturated carbocycles. The topological polar surface area (TPSA) is 46.6 Å². The Hall–Kier alpha value is -2.40. The average Bonchev–Trinajstić information content (AvgIpc) is 3.28. The fraction of sp³-hybridized carbons (Fsp3) is 0.300. The smallest absolute Gasteiger partial charge is 0.204 e. The van der Waals surface area contributed by atoms with Crippen LogP contribution in [0.1, 0.15) is 29.2 Å². The second-order valence-electron chi connectivity index (χ2n) is 6.40. The van der Waals surface area contributed by atoms with Crippen LogP contribution in [-0.2, 0) is 20.9 Å². The van der Waals surface area contributed by atoms with E-state index in [1.165, 1.54) is 0 Å². The fourth-order valence-electron chi connectivity index (χ4n) is 3.47. The molecule has 0 atom stereocenters. The number of hydrogen-bond donors (Lipinski definition) is 0. The first kappa shape index (κ1) is 16.1. The number of carbonyl (C=O) groups excluding carboxylic acids is 2. The summed E-state index contributed by atoms with van der Waals surface area (Å²) in [6.45, 7) is 1.86. The van der Waals surface area contributed by atoms with Gasteiger partial charge in [-0.3, -0.25) is 9.59 Å². The molecule has 2 fully saturated rings. The van der Waals surface area contributed by atoms with Gasteiger partial charge in [0.25, 0.3) is 0 Å². The predicted molar refractivity (Wildman–Crippen MR) is 96.1 cm³/mol. The third-order valence-corrected chi connectivity index (χ3v) is 5.72. The van der Waals surface area contributed by atoms with Crippen LogP contribution in [0.3, 0.4) is 0 Å². The number of benzene rings is 1. The number of hydrogen-bond acceptors (Lipinski definition) is 5. The molecule has 5 heteroatoms. The lowest BCUT2D eigenvalue weighted by Crippen LogP contribution is -2.29. The van der Waals surface area contributed by atoms with Crippen LogP contribution in [0.2, 0.25) is 0 Å². The van der Waals surface area contributed by atoms with Crippen molar-refractivity contribution in [2.24, 2.45) is 0 Å². The highest BCUT2D eigenvalue weighted by Crippen LogP contribution is 2.36. The van der Waals surface area contributed by atoms with Crippen LogP contribution in [0.5, 0.6) is 0 Å². The van der Waals surface area contributed by atoms with E-state index in [1.54, 1.807) is 11.3 Å². The third-order valence-electron chi connectivity index (χ3n) is 4.68. The highest BCUT2D eigenvalue weighted by atomic mass is 32.1. The van der Waals surface area contributed by atoms with E-state index in [1.807, 2.05) is 52.7 Å². The Labute approximate surface area is 150 Å². The molecule has 1 aliphatic heterocycles. The van der Waals surface area contributed by atoms with E-state index in [4.69, 9.17) is 4.74 Å². The molecule has 0 radical (unpaired) electrons. The monoisotopic (exact) mass is 353 g/mol. The minimum absolute atomic E-state index is 0.00771. The lowest BCUT2D eigenvalue weighted by Gasteiger charge is -2.25. The van der Waals surface area contributed by atoms with Crippen molar-refractivity contribution in [1.82, 2.24) is 4.90 Å². The second kappa shape index (κ2) is 6.84. The standard InChI is InChI=1S/C20H19NO3S/c22-16-11-15(18-7-4-10-25-18)12-17(23)19(16)20-21(8-9-24-20)13-14-5-2-1-3-6-14/h1-7,10,15H,8-9,11-13H2. The van der Waals surface area contributed by atoms with Gasteiger partial charge in [0.15, 0.2) is 11.6 Å².